The Morgan fingerprint density at radius 3 is 2.53 bits per heavy atom. The number of para-hydroxylation sites is 2. The number of hydrogen-bond donors (Lipinski definition) is 1. The minimum atomic E-state index is -4.03. The molecule has 1 aromatic heterocycles. The van der Waals surface area contributed by atoms with Crippen molar-refractivity contribution in [3.05, 3.63) is 89.5 Å². The molecule has 0 bridgehead atoms. The number of ketones is 1. The number of hydrogen-bond acceptors (Lipinski definition) is 5. The fourth-order valence-electron chi connectivity index (χ4n) is 4.48. The molecule has 1 aliphatic heterocycles. The SMILES string of the molecule is CCc1ccc(S(=O)(=O)N2c3ccccc3NC3=C(C(=O)CCC3)C2c2ccco2)cc1. The maximum atomic E-state index is 14.1. The highest BCUT2D eigenvalue weighted by Gasteiger charge is 2.43. The van der Waals surface area contributed by atoms with Crippen LogP contribution in [0.5, 0.6) is 0 Å². The van der Waals surface area contributed by atoms with Gasteiger partial charge in [0.25, 0.3) is 10.0 Å². The molecule has 3 aromatic rings. The second-order valence-corrected chi connectivity index (χ2v) is 9.84. The summed E-state index contributed by atoms with van der Waals surface area (Å²) in [5.74, 6) is 0.356. The molecule has 0 spiro atoms. The van der Waals surface area contributed by atoms with E-state index in [4.69, 9.17) is 4.42 Å². The summed E-state index contributed by atoms with van der Waals surface area (Å²) in [6.45, 7) is 2.02. The summed E-state index contributed by atoms with van der Waals surface area (Å²) >= 11 is 0. The Balaban J connectivity index is 1.79. The highest BCUT2D eigenvalue weighted by Crippen LogP contribution is 2.47. The zero-order chi connectivity index (χ0) is 22.3. The van der Waals surface area contributed by atoms with Crippen LogP contribution >= 0.6 is 0 Å². The topological polar surface area (TPSA) is 79.6 Å². The first-order valence-corrected chi connectivity index (χ1v) is 12.2. The lowest BCUT2D eigenvalue weighted by molar-refractivity contribution is -0.116. The number of fused-ring (bicyclic) bond motifs is 1. The molecule has 2 heterocycles. The van der Waals surface area contributed by atoms with Crippen LogP contribution in [0.15, 0.2) is 87.5 Å². The monoisotopic (exact) mass is 448 g/mol. The van der Waals surface area contributed by atoms with E-state index in [0.717, 1.165) is 24.1 Å². The van der Waals surface area contributed by atoms with Gasteiger partial charge in [0.2, 0.25) is 0 Å². The molecule has 164 valence electrons. The molecule has 2 aromatic carbocycles. The number of nitrogens with one attached hydrogen (secondary N) is 1. The second-order valence-electron chi connectivity index (χ2n) is 8.03. The number of carbonyl (C=O) groups excluding carboxylic acids is 1. The smallest absolute Gasteiger partial charge is 0.265 e. The van der Waals surface area contributed by atoms with Gasteiger partial charge in [0.1, 0.15) is 11.8 Å². The lowest BCUT2D eigenvalue weighted by atomic mass is 9.89. The maximum absolute atomic E-state index is 14.1. The van der Waals surface area contributed by atoms with Gasteiger partial charge in [0.05, 0.1) is 22.5 Å². The number of Topliss-reactive ketones (excluding diaryl/α,β-unsaturated/α-hetero) is 1. The highest BCUT2D eigenvalue weighted by atomic mass is 32.2. The molecule has 1 aliphatic carbocycles. The van der Waals surface area contributed by atoms with Crippen molar-refractivity contribution in [1.82, 2.24) is 0 Å². The van der Waals surface area contributed by atoms with E-state index in [-0.39, 0.29) is 10.7 Å². The Hall–Kier alpha value is -3.32. The van der Waals surface area contributed by atoms with Gasteiger partial charge in [-0.05, 0) is 61.2 Å². The van der Waals surface area contributed by atoms with Crippen LogP contribution < -0.4 is 9.62 Å². The van der Waals surface area contributed by atoms with Gasteiger partial charge in [0, 0.05) is 17.7 Å². The van der Waals surface area contributed by atoms with Crippen molar-refractivity contribution in [1.29, 1.82) is 0 Å². The highest BCUT2D eigenvalue weighted by molar-refractivity contribution is 7.92. The summed E-state index contributed by atoms with van der Waals surface area (Å²) < 4.78 is 35.3. The molecule has 5 rings (SSSR count). The molecule has 0 amide bonds. The average Bonchev–Trinajstić information content (AvgIpc) is 3.28. The summed E-state index contributed by atoms with van der Waals surface area (Å²) in [4.78, 5) is 13.3. The van der Waals surface area contributed by atoms with Crippen molar-refractivity contribution >= 4 is 27.2 Å². The van der Waals surface area contributed by atoms with E-state index in [1.807, 2.05) is 31.2 Å². The molecule has 0 saturated heterocycles. The summed E-state index contributed by atoms with van der Waals surface area (Å²) in [5, 5.41) is 3.37. The number of rotatable bonds is 4. The summed E-state index contributed by atoms with van der Waals surface area (Å²) in [6.07, 6.45) is 4.10. The van der Waals surface area contributed by atoms with Crippen LogP contribution in [0, 0.1) is 0 Å². The van der Waals surface area contributed by atoms with Crippen LogP contribution in [-0.2, 0) is 21.2 Å². The van der Waals surface area contributed by atoms with Gasteiger partial charge in [-0.3, -0.25) is 4.79 Å². The van der Waals surface area contributed by atoms with Gasteiger partial charge in [0.15, 0.2) is 5.78 Å². The van der Waals surface area contributed by atoms with E-state index in [1.54, 1.807) is 36.4 Å². The molecule has 7 heteroatoms. The molecule has 6 nitrogen and oxygen atoms in total. The molecular formula is C25H24N2O4S. The van der Waals surface area contributed by atoms with Gasteiger partial charge in [-0.2, -0.15) is 0 Å². The van der Waals surface area contributed by atoms with Crippen molar-refractivity contribution in [2.45, 2.75) is 43.5 Å². The first kappa shape index (κ1) is 20.6. The Bertz CT molecular complexity index is 1290. The fourth-order valence-corrected chi connectivity index (χ4v) is 6.10. The standard InChI is InChI=1S/C25H24N2O4S/c1-2-17-12-14-18(15-13-17)32(29,30)27-21-9-4-3-7-19(21)26-20-8-5-10-22(28)24(20)25(27)23-11-6-16-31-23/h3-4,6-7,9,11-16,25-26H,2,5,8,10H2,1H3. The van der Waals surface area contributed by atoms with Crippen LogP contribution in [0.3, 0.4) is 0 Å². The number of allylic oxidation sites excluding steroid dienone is 1. The van der Waals surface area contributed by atoms with Gasteiger partial charge in [-0.25, -0.2) is 12.7 Å². The Morgan fingerprint density at radius 1 is 1.03 bits per heavy atom. The number of furan rings is 1. The first-order valence-electron chi connectivity index (χ1n) is 10.8. The van der Waals surface area contributed by atoms with Crippen LogP contribution in [0.1, 0.15) is 43.6 Å². The average molecular weight is 449 g/mol. The quantitative estimate of drug-likeness (QED) is 0.593. The van der Waals surface area contributed by atoms with Crippen LogP contribution in [-0.4, -0.2) is 14.2 Å². The number of aryl methyl sites for hydroxylation is 1. The first-order chi connectivity index (χ1) is 15.5. The molecule has 1 unspecified atom stereocenters. The molecule has 0 radical (unpaired) electrons. The van der Waals surface area contributed by atoms with Crippen LogP contribution in [0.4, 0.5) is 11.4 Å². The third-order valence-electron chi connectivity index (χ3n) is 6.09. The van der Waals surface area contributed by atoms with Crippen molar-refractivity contribution in [3.8, 4) is 0 Å². The number of nitrogens with zero attached hydrogens (tertiary/aromatic N) is 1. The van der Waals surface area contributed by atoms with Crippen molar-refractivity contribution < 1.29 is 17.6 Å². The van der Waals surface area contributed by atoms with E-state index in [0.29, 0.717) is 35.5 Å². The number of sulfonamides is 1. The fraction of sp³-hybridized carbons (Fsp3) is 0.240. The third kappa shape index (κ3) is 3.33. The van der Waals surface area contributed by atoms with Crippen LogP contribution in [0.25, 0.3) is 0 Å². The van der Waals surface area contributed by atoms with Gasteiger partial charge < -0.3 is 9.73 Å². The van der Waals surface area contributed by atoms with Crippen molar-refractivity contribution in [3.63, 3.8) is 0 Å². The van der Waals surface area contributed by atoms with Gasteiger partial charge >= 0.3 is 0 Å². The molecular weight excluding hydrogens is 424 g/mol. The van der Waals surface area contributed by atoms with Crippen molar-refractivity contribution in [2.75, 3.05) is 9.62 Å². The predicted octanol–water partition coefficient (Wildman–Crippen LogP) is 5.21. The zero-order valence-electron chi connectivity index (χ0n) is 17.7. The summed E-state index contributed by atoms with van der Waals surface area (Å²) in [5.41, 5.74) is 3.40. The summed E-state index contributed by atoms with van der Waals surface area (Å²) in [6, 6.07) is 16.7. The Labute approximate surface area is 187 Å². The zero-order valence-corrected chi connectivity index (χ0v) is 18.6. The number of anilines is 2. The minimum Gasteiger partial charge on any atom is -0.467 e. The largest absolute Gasteiger partial charge is 0.467 e. The number of carbonyl (C=O) groups is 1. The molecule has 2 aliphatic rings. The number of benzene rings is 2. The van der Waals surface area contributed by atoms with Crippen molar-refractivity contribution in [2.24, 2.45) is 0 Å². The van der Waals surface area contributed by atoms with E-state index in [9.17, 15) is 13.2 Å². The molecule has 0 saturated carbocycles. The van der Waals surface area contributed by atoms with E-state index >= 15 is 0 Å². The lowest BCUT2D eigenvalue weighted by Crippen LogP contribution is -2.37. The normalized spacial score (nSPS) is 18.6. The van der Waals surface area contributed by atoms with Crippen LogP contribution in [0.2, 0.25) is 0 Å². The van der Waals surface area contributed by atoms with Gasteiger partial charge in [-0.15, -0.1) is 0 Å². The molecule has 1 N–H and O–H groups in total. The van der Waals surface area contributed by atoms with E-state index < -0.39 is 16.1 Å². The summed E-state index contributed by atoms with van der Waals surface area (Å²) in [7, 11) is -4.03. The minimum absolute atomic E-state index is 0.0607. The Kier molecular flexibility index (Phi) is 5.13. The molecule has 32 heavy (non-hydrogen) atoms. The predicted molar refractivity (Wildman–Crippen MR) is 123 cm³/mol. The Morgan fingerprint density at radius 2 is 1.81 bits per heavy atom. The van der Waals surface area contributed by atoms with E-state index in [2.05, 4.69) is 5.32 Å². The maximum Gasteiger partial charge on any atom is 0.265 e. The molecule has 0 fully saturated rings. The second kappa shape index (κ2) is 7.98. The molecule has 1 atom stereocenters. The lowest BCUT2D eigenvalue weighted by Gasteiger charge is -2.33. The third-order valence-corrected chi connectivity index (χ3v) is 7.89. The van der Waals surface area contributed by atoms with Gasteiger partial charge in [-0.1, -0.05) is 31.2 Å². The van der Waals surface area contributed by atoms with E-state index in [1.165, 1.54) is 10.6 Å².